The van der Waals surface area contributed by atoms with Gasteiger partial charge in [-0.2, -0.15) is 0 Å². The Labute approximate surface area is 128 Å². The number of hydrogen-bond donors (Lipinski definition) is 1. The first-order chi connectivity index (χ1) is 9.60. The molecule has 0 aliphatic rings. The topological polar surface area (TPSA) is 37.8 Å². The number of anilines is 1. The number of hydrogen-bond acceptors (Lipinski definition) is 4. The van der Waals surface area contributed by atoms with E-state index in [0.717, 1.165) is 28.7 Å². The second kappa shape index (κ2) is 6.99. The minimum atomic E-state index is -0.695. The molecule has 0 bridgehead atoms. The molecule has 2 aromatic rings. The van der Waals surface area contributed by atoms with Gasteiger partial charge in [0.2, 0.25) is 0 Å². The van der Waals surface area contributed by atoms with Crippen molar-refractivity contribution >= 4 is 33.5 Å². The molecule has 0 aromatic carbocycles. The van der Waals surface area contributed by atoms with Gasteiger partial charge in [0, 0.05) is 23.3 Å². The fraction of sp³-hybridized carbons (Fsp3) is 0.231. The zero-order valence-corrected chi connectivity index (χ0v) is 13.1. The number of pyridine rings is 2. The molecule has 0 saturated carbocycles. The predicted molar refractivity (Wildman–Crippen MR) is 79.0 cm³/mol. The first-order valence-electron chi connectivity index (χ1n) is 5.99. The first-order valence-corrected chi connectivity index (χ1v) is 7.60. The molecule has 20 heavy (non-hydrogen) atoms. The molecule has 0 unspecified atom stereocenters. The lowest BCUT2D eigenvalue weighted by Crippen LogP contribution is -2.06. The summed E-state index contributed by atoms with van der Waals surface area (Å²) in [5.74, 6) is -1.32. The maximum atomic E-state index is 13.7. The zero-order chi connectivity index (χ0) is 14.5. The molecule has 2 heterocycles. The predicted octanol–water partition coefficient (Wildman–Crippen LogP) is 4.49. The average molecular weight is 360 g/mol. The Morgan fingerprint density at radius 3 is 2.75 bits per heavy atom. The Balaban J connectivity index is 2.24. The van der Waals surface area contributed by atoms with Crippen molar-refractivity contribution in [2.24, 2.45) is 0 Å². The minimum Gasteiger partial charge on any atom is -0.368 e. The molecule has 7 heteroatoms. The van der Waals surface area contributed by atoms with Crippen LogP contribution in [0.2, 0.25) is 0 Å². The van der Waals surface area contributed by atoms with Gasteiger partial charge < -0.3 is 5.32 Å². The molecule has 0 saturated heterocycles. The second-order valence-corrected chi connectivity index (χ2v) is 5.87. The second-order valence-electron chi connectivity index (χ2n) is 3.95. The average Bonchev–Trinajstić information content (AvgIpc) is 2.43. The third kappa shape index (κ3) is 3.89. The smallest absolute Gasteiger partial charge is 0.168 e. The molecule has 1 N–H and O–H groups in total. The van der Waals surface area contributed by atoms with Gasteiger partial charge in [0.25, 0.3) is 0 Å². The van der Waals surface area contributed by atoms with Crippen molar-refractivity contribution < 1.29 is 8.78 Å². The monoisotopic (exact) mass is 359 g/mol. The van der Waals surface area contributed by atoms with Gasteiger partial charge in [-0.15, -0.1) is 0 Å². The molecule has 106 valence electrons. The number of rotatable bonds is 5. The summed E-state index contributed by atoms with van der Waals surface area (Å²) in [4.78, 5) is 8.10. The van der Waals surface area contributed by atoms with E-state index in [0.29, 0.717) is 11.6 Å². The van der Waals surface area contributed by atoms with Crippen LogP contribution in [0.5, 0.6) is 0 Å². The van der Waals surface area contributed by atoms with Crippen LogP contribution in [0.4, 0.5) is 14.6 Å². The van der Waals surface area contributed by atoms with E-state index >= 15 is 0 Å². The van der Waals surface area contributed by atoms with Gasteiger partial charge >= 0.3 is 0 Å². The van der Waals surface area contributed by atoms with Crippen molar-refractivity contribution in [1.82, 2.24) is 9.97 Å². The maximum Gasteiger partial charge on any atom is 0.168 e. The Kier molecular flexibility index (Phi) is 5.31. The zero-order valence-electron chi connectivity index (χ0n) is 10.7. The van der Waals surface area contributed by atoms with Crippen molar-refractivity contribution in [3.8, 4) is 0 Å². The summed E-state index contributed by atoms with van der Waals surface area (Å²) in [6, 6.07) is 4.37. The fourth-order valence-corrected chi connectivity index (χ4v) is 2.38. The minimum absolute atomic E-state index is 0.0628. The summed E-state index contributed by atoms with van der Waals surface area (Å²) < 4.78 is 28.1. The van der Waals surface area contributed by atoms with E-state index in [2.05, 4.69) is 31.2 Å². The van der Waals surface area contributed by atoms with Gasteiger partial charge in [-0.05, 0) is 46.2 Å². The third-order valence-electron chi connectivity index (χ3n) is 2.34. The number of halogens is 3. The van der Waals surface area contributed by atoms with E-state index in [1.54, 1.807) is 18.3 Å². The van der Waals surface area contributed by atoms with Crippen LogP contribution in [0.25, 0.3) is 0 Å². The molecule has 0 fully saturated rings. The summed E-state index contributed by atoms with van der Waals surface area (Å²) in [6.45, 7) is 2.53. The summed E-state index contributed by atoms with van der Waals surface area (Å²) in [5.41, 5.74) is 0. The highest BCUT2D eigenvalue weighted by atomic mass is 79.9. The largest absolute Gasteiger partial charge is 0.368 e. The van der Waals surface area contributed by atoms with E-state index in [-0.39, 0.29) is 10.8 Å². The van der Waals surface area contributed by atoms with Crippen LogP contribution in [0.1, 0.15) is 13.3 Å². The summed E-state index contributed by atoms with van der Waals surface area (Å²) in [6.07, 6.45) is 2.44. The van der Waals surface area contributed by atoms with Crippen LogP contribution < -0.4 is 5.32 Å². The van der Waals surface area contributed by atoms with Crippen molar-refractivity contribution in [2.45, 2.75) is 23.4 Å². The van der Waals surface area contributed by atoms with Crippen LogP contribution in [0.15, 0.2) is 38.9 Å². The maximum absolute atomic E-state index is 13.7. The summed E-state index contributed by atoms with van der Waals surface area (Å²) >= 11 is 4.33. The molecule has 0 amide bonds. The molecule has 0 atom stereocenters. The van der Waals surface area contributed by atoms with Gasteiger partial charge in [0.15, 0.2) is 17.5 Å². The van der Waals surface area contributed by atoms with E-state index in [4.69, 9.17) is 0 Å². The Morgan fingerprint density at radius 1 is 1.30 bits per heavy atom. The van der Waals surface area contributed by atoms with Crippen LogP contribution in [0, 0.1) is 11.6 Å². The molecular weight excluding hydrogens is 348 g/mol. The van der Waals surface area contributed by atoms with E-state index in [1.165, 1.54) is 0 Å². The van der Waals surface area contributed by atoms with Gasteiger partial charge in [-0.25, -0.2) is 18.7 Å². The van der Waals surface area contributed by atoms with Gasteiger partial charge in [-0.1, -0.05) is 6.92 Å². The summed E-state index contributed by atoms with van der Waals surface area (Å²) in [7, 11) is 0. The fourth-order valence-electron chi connectivity index (χ4n) is 1.41. The SMILES string of the molecule is CCCNc1nc(Sc2ccc(Br)cn2)c(F)cc1F. The number of nitrogens with one attached hydrogen (secondary N) is 1. The van der Waals surface area contributed by atoms with Crippen molar-refractivity contribution in [3.63, 3.8) is 0 Å². The van der Waals surface area contributed by atoms with Crippen LogP contribution >= 0.6 is 27.7 Å². The summed E-state index contributed by atoms with van der Waals surface area (Å²) in [5, 5.41) is 3.52. The lowest BCUT2D eigenvalue weighted by Gasteiger charge is -2.08. The van der Waals surface area contributed by atoms with Crippen LogP contribution in [-0.4, -0.2) is 16.5 Å². The van der Waals surface area contributed by atoms with Crippen LogP contribution in [-0.2, 0) is 0 Å². The standard InChI is InChI=1S/C13H12BrF2N3S/c1-2-5-17-12-9(15)6-10(16)13(19-12)20-11-4-3-8(14)7-18-11/h3-4,6-7H,2,5H2,1H3,(H,17,19). The van der Waals surface area contributed by atoms with Crippen LogP contribution in [0.3, 0.4) is 0 Å². The highest BCUT2D eigenvalue weighted by molar-refractivity contribution is 9.10. The Bertz CT molecular complexity index is 593. The van der Waals surface area contributed by atoms with E-state index in [9.17, 15) is 8.78 Å². The molecule has 2 rings (SSSR count). The Morgan fingerprint density at radius 2 is 2.10 bits per heavy atom. The molecule has 3 nitrogen and oxygen atoms in total. The first kappa shape index (κ1) is 15.2. The molecule has 2 aromatic heterocycles. The quantitative estimate of drug-likeness (QED) is 0.853. The van der Waals surface area contributed by atoms with Gasteiger partial charge in [0.1, 0.15) is 10.1 Å². The highest BCUT2D eigenvalue weighted by Gasteiger charge is 2.13. The lowest BCUT2D eigenvalue weighted by atomic mass is 10.4. The molecule has 0 aliphatic carbocycles. The van der Waals surface area contributed by atoms with Crippen molar-refractivity contribution in [3.05, 3.63) is 40.5 Å². The third-order valence-corrected chi connectivity index (χ3v) is 3.74. The lowest BCUT2D eigenvalue weighted by molar-refractivity contribution is 0.551. The number of nitrogens with zero attached hydrogens (tertiary/aromatic N) is 2. The molecule has 0 radical (unpaired) electrons. The Hall–Kier alpha value is -1.21. The molecule has 0 aliphatic heterocycles. The van der Waals surface area contributed by atoms with Gasteiger partial charge in [-0.3, -0.25) is 0 Å². The van der Waals surface area contributed by atoms with Crippen molar-refractivity contribution in [2.75, 3.05) is 11.9 Å². The number of aromatic nitrogens is 2. The van der Waals surface area contributed by atoms with E-state index < -0.39 is 11.6 Å². The molecular formula is C13H12BrF2N3S. The highest BCUT2D eigenvalue weighted by Crippen LogP contribution is 2.29. The molecule has 0 spiro atoms. The normalized spacial score (nSPS) is 10.6. The van der Waals surface area contributed by atoms with Gasteiger partial charge in [0.05, 0.1) is 0 Å². The van der Waals surface area contributed by atoms with Crippen molar-refractivity contribution in [1.29, 1.82) is 0 Å². The van der Waals surface area contributed by atoms with E-state index in [1.807, 2.05) is 6.92 Å².